The normalized spacial score (nSPS) is 21.6. The van der Waals surface area contributed by atoms with E-state index in [9.17, 15) is 4.21 Å². The molecule has 0 heterocycles. The van der Waals surface area contributed by atoms with E-state index in [1.165, 1.54) is 24.8 Å². The van der Waals surface area contributed by atoms with Crippen molar-refractivity contribution in [3.63, 3.8) is 0 Å². The van der Waals surface area contributed by atoms with E-state index >= 15 is 0 Å². The Morgan fingerprint density at radius 3 is 2.19 bits per heavy atom. The van der Waals surface area contributed by atoms with E-state index < -0.39 is 10.8 Å². The Hall–Kier alpha value is -0.630. The van der Waals surface area contributed by atoms with Gasteiger partial charge < -0.3 is 0 Å². The molecular formula is C14H20OS. The Bertz CT molecular complexity index is 374. The van der Waals surface area contributed by atoms with Crippen LogP contribution in [-0.4, -0.2) is 8.96 Å². The summed E-state index contributed by atoms with van der Waals surface area (Å²) in [5.74, 6) is 0. The van der Waals surface area contributed by atoms with Gasteiger partial charge in [0.05, 0.1) is 10.8 Å². The first-order valence-corrected chi connectivity index (χ1v) is 7.25. The summed E-state index contributed by atoms with van der Waals surface area (Å²) in [5.41, 5.74) is 1.23. The first kappa shape index (κ1) is 11.8. The van der Waals surface area contributed by atoms with Crippen LogP contribution in [0.2, 0.25) is 0 Å². The van der Waals surface area contributed by atoms with E-state index in [4.69, 9.17) is 0 Å². The van der Waals surface area contributed by atoms with Gasteiger partial charge in [0, 0.05) is 9.64 Å². The van der Waals surface area contributed by atoms with Crippen molar-refractivity contribution >= 4 is 10.8 Å². The van der Waals surface area contributed by atoms with Crippen LogP contribution in [0.5, 0.6) is 0 Å². The van der Waals surface area contributed by atoms with Gasteiger partial charge in [-0.05, 0) is 38.8 Å². The Morgan fingerprint density at radius 2 is 1.62 bits per heavy atom. The number of benzene rings is 1. The summed E-state index contributed by atoms with van der Waals surface area (Å²) in [4.78, 5) is 0.995. The van der Waals surface area contributed by atoms with Crippen LogP contribution in [0, 0.1) is 6.92 Å². The molecule has 0 N–H and O–H groups in total. The lowest BCUT2D eigenvalue weighted by Gasteiger charge is -2.32. The fraction of sp³-hybridized carbons (Fsp3) is 0.571. The lowest BCUT2D eigenvalue weighted by Crippen LogP contribution is -2.33. The van der Waals surface area contributed by atoms with Gasteiger partial charge in [-0.2, -0.15) is 0 Å². The summed E-state index contributed by atoms with van der Waals surface area (Å²) in [7, 11) is -0.844. The SMILES string of the molecule is Cc1ccc(S(=O)C2(C)CCCCC2)cc1. The van der Waals surface area contributed by atoms with Crippen molar-refractivity contribution in [3.05, 3.63) is 29.8 Å². The van der Waals surface area contributed by atoms with Crippen LogP contribution in [0.3, 0.4) is 0 Å². The van der Waals surface area contributed by atoms with E-state index in [0.29, 0.717) is 0 Å². The van der Waals surface area contributed by atoms with Crippen LogP contribution < -0.4 is 0 Å². The Morgan fingerprint density at radius 1 is 1.06 bits per heavy atom. The van der Waals surface area contributed by atoms with Gasteiger partial charge in [-0.1, -0.05) is 37.0 Å². The highest BCUT2D eigenvalue weighted by Crippen LogP contribution is 2.35. The van der Waals surface area contributed by atoms with Gasteiger partial charge in [-0.3, -0.25) is 4.21 Å². The van der Waals surface area contributed by atoms with Crippen molar-refractivity contribution in [2.75, 3.05) is 0 Å². The first-order valence-electron chi connectivity index (χ1n) is 6.10. The molecule has 0 aromatic heterocycles. The van der Waals surface area contributed by atoms with Gasteiger partial charge in [0.15, 0.2) is 0 Å². The van der Waals surface area contributed by atoms with Crippen LogP contribution in [0.1, 0.15) is 44.6 Å². The molecular weight excluding hydrogens is 216 g/mol. The van der Waals surface area contributed by atoms with Crippen LogP contribution >= 0.6 is 0 Å². The molecule has 0 radical (unpaired) electrons. The average molecular weight is 236 g/mol. The Kier molecular flexibility index (Phi) is 3.48. The summed E-state index contributed by atoms with van der Waals surface area (Å²) in [6.45, 7) is 4.25. The molecule has 2 heteroatoms. The minimum absolute atomic E-state index is 0.00745. The maximum Gasteiger partial charge on any atom is 0.0589 e. The fourth-order valence-corrected chi connectivity index (χ4v) is 4.04. The molecule has 1 fully saturated rings. The number of aryl methyl sites for hydroxylation is 1. The largest absolute Gasteiger partial charge is 0.254 e. The molecule has 1 aliphatic carbocycles. The van der Waals surface area contributed by atoms with Crippen LogP contribution in [0.25, 0.3) is 0 Å². The summed E-state index contributed by atoms with van der Waals surface area (Å²) < 4.78 is 12.6. The van der Waals surface area contributed by atoms with Gasteiger partial charge in [-0.15, -0.1) is 0 Å². The average Bonchev–Trinajstić information content (AvgIpc) is 2.30. The molecule has 1 aromatic carbocycles. The Balaban J connectivity index is 2.20. The zero-order chi connectivity index (χ0) is 11.6. The summed E-state index contributed by atoms with van der Waals surface area (Å²) >= 11 is 0. The molecule has 0 aliphatic heterocycles. The molecule has 1 atom stereocenters. The number of hydrogen-bond acceptors (Lipinski definition) is 1. The van der Waals surface area contributed by atoms with Crippen LogP contribution in [-0.2, 0) is 10.8 Å². The molecule has 16 heavy (non-hydrogen) atoms. The monoisotopic (exact) mass is 236 g/mol. The maximum atomic E-state index is 12.5. The molecule has 1 aromatic rings. The topological polar surface area (TPSA) is 17.1 Å². The van der Waals surface area contributed by atoms with Crippen LogP contribution in [0.4, 0.5) is 0 Å². The van der Waals surface area contributed by atoms with Crippen molar-refractivity contribution in [1.29, 1.82) is 0 Å². The predicted molar refractivity (Wildman–Crippen MR) is 69.1 cm³/mol. The zero-order valence-electron chi connectivity index (χ0n) is 10.2. The fourth-order valence-electron chi connectivity index (χ4n) is 2.43. The summed E-state index contributed by atoms with van der Waals surface area (Å²) in [6, 6.07) is 8.15. The van der Waals surface area contributed by atoms with Crippen molar-refractivity contribution < 1.29 is 4.21 Å². The molecule has 1 unspecified atom stereocenters. The van der Waals surface area contributed by atoms with E-state index in [1.807, 2.05) is 12.1 Å². The standard InChI is InChI=1S/C14H20OS/c1-12-6-8-13(9-7-12)16(15)14(2)10-4-3-5-11-14/h6-9H,3-5,10-11H2,1-2H3. The lowest BCUT2D eigenvalue weighted by molar-refractivity contribution is 0.410. The van der Waals surface area contributed by atoms with Crippen molar-refractivity contribution in [3.8, 4) is 0 Å². The van der Waals surface area contributed by atoms with Crippen molar-refractivity contribution in [2.24, 2.45) is 0 Å². The highest BCUT2D eigenvalue weighted by atomic mass is 32.2. The summed E-state index contributed by atoms with van der Waals surface area (Å²) in [6.07, 6.45) is 5.98. The third-order valence-electron chi connectivity index (χ3n) is 3.59. The van der Waals surface area contributed by atoms with Crippen molar-refractivity contribution in [2.45, 2.75) is 55.6 Å². The molecule has 1 nitrogen and oxygen atoms in total. The first-order chi connectivity index (χ1) is 7.62. The van der Waals surface area contributed by atoms with Crippen LogP contribution in [0.15, 0.2) is 29.2 Å². The van der Waals surface area contributed by atoms with E-state index in [0.717, 1.165) is 17.7 Å². The van der Waals surface area contributed by atoms with E-state index in [1.54, 1.807) is 0 Å². The van der Waals surface area contributed by atoms with Gasteiger partial charge >= 0.3 is 0 Å². The minimum atomic E-state index is -0.844. The van der Waals surface area contributed by atoms with E-state index in [2.05, 4.69) is 26.0 Å². The third-order valence-corrected chi connectivity index (χ3v) is 5.60. The van der Waals surface area contributed by atoms with Gasteiger partial charge in [-0.25, -0.2) is 0 Å². The molecule has 1 saturated carbocycles. The number of hydrogen-bond donors (Lipinski definition) is 0. The molecule has 88 valence electrons. The van der Waals surface area contributed by atoms with Gasteiger partial charge in [0.1, 0.15) is 0 Å². The molecule has 0 amide bonds. The maximum absolute atomic E-state index is 12.5. The quantitative estimate of drug-likeness (QED) is 0.763. The van der Waals surface area contributed by atoms with Gasteiger partial charge in [0.2, 0.25) is 0 Å². The molecule has 0 spiro atoms. The molecule has 0 saturated heterocycles. The Labute approximate surface area is 101 Å². The minimum Gasteiger partial charge on any atom is -0.254 e. The smallest absolute Gasteiger partial charge is 0.0589 e. The second-order valence-corrected chi connectivity index (χ2v) is 7.09. The number of rotatable bonds is 2. The van der Waals surface area contributed by atoms with Gasteiger partial charge in [0.25, 0.3) is 0 Å². The predicted octanol–water partition coefficient (Wildman–Crippen LogP) is 3.83. The lowest BCUT2D eigenvalue weighted by atomic mass is 9.90. The molecule has 2 rings (SSSR count). The second-order valence-electron chi connectivity index (χ2n) is 5.09. The second kappa shape index (κ2) is 4.70. The zero-order valence-corrected chi connectivity index (χ0v) is 11.0. The van der Waals surface area contributed by atoms with Crippen molar-refractivity contribution in [1.82, 2.24) is 0 Å². The van der Waals surface area contributed by atoms with E-state index in [-0.39, 0.29) is 4.75 Å². The highest BCUT2D eigenvalue weighted by molar-refractivity contribution is 7.86. The molecule has 0 bridgehead atoms. The third kappa shape index (κ3) is 2.37. The molecule has 1 aliphatic rings. The summed E-state index contributed by atoms with van der Waals surface area (Å²) in [5, 5.41) is 0. The highest BCUT2D eigenvalue weighted by Gasteiger charge is 2.33.